The van der Waals surface area contributed by atoms with Gasteiger partial charge in [0.05, 0.1) is 33.0 Å². The molecule has 3 aliphatic rings. The largest absolute Gasteiger partial charge is 0.379 e. The monoisotopic (exact) mass is 530 g/mol. The number of nitrogens with zero attached hydrogens (tertiary/aromatic N) is 5. The van der Waals surface area contributed by atoms with Crippen LogP contribution in [0.25, 0.3) is 0 Å². The van der Waals surface area contributed by atoms with E-state index < -0.39 is 0 Å². The zero-order chi connectivity index (χ0) is 19.9. The van der Waals surface area contributed by atoms with Gasteiger partial charge in [-0.3, -0.25) is 4.90 Å². The average molecular weight is 530 g/mol. The molecular weight excluding hydrogens is 495 g/mol. The van der Waals surface area contributed by atoms with Gasteiger partial charge in [0.25, 0.3) is 0 Å². The Balaban J connectivity index is 0.00000256. The minimum Gasteiger partial charge on any atom is -0.379 e. The van der Waals surface area contributed by atoms with Crippen molar-refractivity contribution < 1.29 is 9.47 Å². The summed E-state index contributed by atoms with van der Waals surface area (Å²) in [5.41, 5.74) is 1.17. The molecule has 3 aliphatic heterocycles. The van der Waals surface area contributed by atoms with Gasteiger partial charge in [-0.25, -0.2) is 9.98 Å². The third kappa shape index (κ3) is 5.95. The molecule has 1 unspecified atom stereocenters. The van der Waals surface area contributed by atoms with Gasteiger partial charge in [0.2, 0.25) is 0 Å². The number of nitrogens with one attached hydrogen (secondary N) is 1. The van der Waals surface area contributed by atoms with Crippen LogP contribution >= 0.6 is 24.0 Å². The fourth-order valence-electron chi connectivity index (χ4n) is 4.37. The molecule has 9 heteroatoms. The van der Waals surface area contributed by atoms with E-state index >= 15 is 0 Å². The molecule has 0 aliphatic carbocycles. The van der Waals surface area contributed by atoms with E-state index in [-0.39, 0.29) is 24.0 Å². The van der Waals surface area contributed by atoms with E-state index in [1.807, 2.05) is 12.3 Å². The van der Waals surface area contributed by atoms with Crippen LogP contribution in [-0.2, 0) is 16.0 Å². The Morgan fingerprint density at radius 1 is 1.13 bits per heavy atom. The molecule has 4 rings (SSSR count). The number of guanidine groups is 1. The van der Waals surface area contributed by atoms with Crippen LogP contribution in [0.4, 0.5) is 5.82 Å². The summed E-state index contributed by atoms with van der Waals surface area (Å²) in [4.78, 5) is 16.9. The SMILES string of the molecule is CCNC(=NCc1cccnc1N1CCOCC1)N1CCC(N2CCOCC2)C1.I. The van der Waals surface area contributed by atoms with E-state index in [0.29, 0.717) is 12.6 Å². The van der Waals surface area contributed by atoms with Crippen molar-refractivity contribution in [3.05, 3.63) is 23.9 Å². The number of likely N-dealkylation sites (tertiary alicyclic amines) is 1. The predicted molar refractivity (Wildman–Crippen MR) is 130 cm³/mol. The maximum absolute atomic E-state index is 5.51. The van der Waals surface area contributed by atoms with Gasteiger partial charge in [0, 0.05) is 63.6 Å². The molecule has 1 aromatic rings. The molecule has 0 radical (unpaired) electrons. The summed E-state index contributed by atoms with van der Waals surface area (Å²) in [6, 6.07) is 4.75. The highest BCUT2D eigenvalue weighted by Crippen LogP contribution is 2.21. The van der Waals surface area contributed by atoms with Crippen LogP contribution in [0.1, 0.15) is 18.9 Å². The number of aliphatic imine (C=N–C) groups is 1. The number of hydrogen-bond acceptors (Lipinski definition) is 6. The molecule has 3 saturated heterocycles. The van der Waals surface area contributed by atoms with Crippen molar-refractivity contribution in [2.24, 2.45) is 4.99 Å². The summed E-state index contributed by atoms with van der Waals surface area (Å²) in [6.07, 6.45) is 3.06. The number of halogens is 1. The van der Waals surface area contributed by atoms with Crippen molar-refractivity contribution in [3.8, 4) is 0 Å². The summed E-state index contributed by atoms with van der Waals surface area (Å²) >= 11 is 0. The first-order valence-electron chi connectivity index (χ1n) is 11.0. The van der Waals surface area contributed by atoms with Gasteiger partial charge >= 0.3 is 0 Å². The first-order valence-corrected chi connectivity index (χ1v) is 11.0. The fraction of sp³-hybridized carbons (Fsp3) is 0.714. The molecule has 4 heterocycles. The van der Waals surface area contributed by atoms with E-state index in [0.717, 1.165) is 84.0 Å². The van der Waals surface area contributed by atoms with Gasteiger partial charge in [-0.05, 0) is 19.4 Å². The van der Waals surface area contributed by atoms with Gasteiger partial charge in [-0.1, -0.05) is 6.07 Å². The highest BCUT2D eigenvalue weighted by molar-refractivity contribution is 14.0. The van der Waals surface area contributed by atoms with Crippen LogP contribution in [0, 0.1) is 0 Å². The van der Waals surface area contributed by atoms with E-state index in [4.69, 9.17) is 14.5 Å². The number of hydrogen-bond donors (Lipinski definition) is 1. The standard InChI is InChI=1S/C21H34N6O2.HI/c1-2-22-21(27-7-5-19(17-27)25-8-12-28-13-9-25)24-16-18-4-3-6-23-20(18)26-10-14-29-15-11-26;/h3-4,6,19H,2,5,7-17H2,1H3,(H,22,24);1H. The van der Waals surface area contributed by atoms with E-state index in [1.165, 1.54) is 12.0 Å². The fourth-order valence-corrected chi connectivity index (χ4v) is 4.37. The summed E-state index contributed by atoms with van der Waals surface area (Å²) in [7, 11) is 0. The van der Waals surface area contributed by atoms with Crippen molar-refractivity contribution in [3.63, 3.8) is 0 Å². The number of morpholine rings is 2. The van der Waals surface area contributed by atoms with Crippen LogP contribution < -0.4 is 10.2 Å². The Morgan fingerprint density at radius 2 is 1.87 bits per heavy atom. The highest BCUT2D eigenvalue weighted by Gasteiger charge is 2.30. The van der Waals surface area contributed by atoms with Gasteiger partial charge in [0.1, 0.15) is 5.82 Å². The number of anilines is 1. The Kier molecular flexibility index (Phi) is 9.41. The zero-order valence-corrected chi connectivity index (χ0v) is 20.3. The first kappa shape index (κ1) is 23.5. The molecule has 8 nitrogen and oxygen atoms in total. The first-order chi connectivity index (χ1) is 14.3. The summed E-state index contributed by atoms with van der Waals surface area (Å²) in [5.74, 6) is 2.06. The van der Waals surface area contributed by atoms with Crippen LogP contribution in [0.3, 0.4) is 0 Å². The Labute approximate surface area is 197 Å². The van der Waals surface area contributed by atoms with Crippen LogP contribution in [-0.4, -0.2) is 99.0 Å². The average Bonchev–Trinajstić information content (AvgIpc) is 3.28. The highest BCUT2D eigenvalue weighted by atomic mass is 127. The van der Waals surface area contributed by atoms with Gasteiger partial charge in [-0.15, -0.1) is 24.0 Å². The van der Waals surface area contributed by atoms with Crippen LogP contribution in [0.15, 0.2) is 23.3 Å². The molecule has 1 atom stereocenters. The van der Waals surface area contributed by atoms with Crippen molar-refractivity contribution in [2.45, 2.75) is 25.9 Å². The molecule has 3 fully saturated rings. The molecule has 0 saturated carbocycles. The molecule has 0 amide bonds. The zero-order valence-electron chi connectivity index (χ0n) is 18.0. The molecule has 30 heavy (non-hydrogen) atoms. The van der Waals surface area contributed by atoms with Gasteiger partial charge in [-0.2, -0.15) is 0 Å². The van der Waals surface area contributed by atoms with E-state index in [9.17, 15) is 0 Å². The normalized spacial score (nSPS) is 23.4. The second kappa shape index (κ2) is 12.0. The second-order valence-electron chi connectivity index (χ2n) is 7.79. The number of ether oxygens (including phenoxy) is 2. The predicted octanol–water partition coefficient (Wildman–Crippen LogP) is 1.41. The summed E-state index contributed by atoms with van der Waals surface area (Å²) in [6.45, 7) is 12.9. The van der Waals surface area contributed by atoms with Crippen molar-refractivity contribution >= 4 is 35.8 Å². The maximum atomic E-state index is 5.51. The molecule has 0 aromatic carbocycles. The van der Waals surface area contributed by atoms with Crippen LogP contribution in [0.2, 0.25) is 0 Å². The van der Waals surface area contributed by atoms with Gasteiger partial charge in [0.15, 0.2) is 5.96 Å². The number of pyridine rings is 1. The van der Waals surface area contributed by atoms with Crippen molar-refractivity contribution in [1.82, 2.24) is 20.1 Å². The molecule has 0 bridgehead atoms. The Bertz CT molecular complexity index is 679. The van der Waals surface area contributed by atoms with E-state index in [2.05, 4.69) is 38.0 Å². The second-order valence-corrected chi connectivity index (χ2v) is 7.79. The third-order valence-electron chi connectivity index (χ3n) is 5.94. The summed E-state index contributed by atoms with van der Waals surface area (Å²) < 4.78 is 11.0. The molecular formula is C21H35IN6O2. The van der Waals surface area contributed by atoms with Crippen LogP contribution in [0.5, 0.6) is 0 Å². The van der Waals surface area contributed by atoms with Crippen molar-refractivity contribution in [1.29, 1.82) is 0 Å². The topological polar surface area (TPSA) is 65.5 Å². The lowest BCUT2D eigenvalue weighted by atomic mass is 10.2. The Hall–Kier alpha value is -1.17. The van der Waals surface area contributed by atoms with Crippen molar-refractivity contribution in [2.75, 3.05) is 77.1 Å². The van der Waals surface area contributed by atoms with Gasteiger partial charge < -0.3 is 24.6 Å². The lowest BCUT2D eigenvalue weighted by Gasteiger charge is -2.32. The van der Waals surface area contributed by atoms with E-state index in [1.54, 1.807) is 0 Å². The summed E-state index contributed by atoms with van der Waals surface area (Å²) in [5, 5.41) is 3.50. The number of rotatable bonds is 5. The molecule has 1 aromatic heterocycles. The smallest absolute Gasteiger partial charge is 0.194 e. The minimum atomic E-state index is 0. The maximum Gasteiger partial charge on any atom is 0.194 e. The third-order valence-corrected chi connectivity index (χ3v) is 5.94. The molecule has 1 N–H and O–H groups in total. The minimum absolute atomic E-state index is 0. The lowest BCUT2D eigenvalue weighted by Crippen LogP contribution is -2.46. The Morgan fingerprint density at radius 3 is 2.60 bits per heavy atom. The quantitative estimate of drug-likeness (QED) is 0.351. The molecule has 0 spiro atoms. The molecule has 168 valence electrons. The number of aromatic nitrogens is 1. The lowest BCUT2D eigenvalue weighted by molar-refractivity contribution is 0.0195.